The number of rotatable bonds is 5. The van der Waals surface area contributed by atoms with Crippen LogP contribution in [0.4, 0.5) is 0 Å². The van der Waals surface area contributed by atoms with Gasteiger partial charge in [0.25, 0.3) is 5.91 Å². The van der Waals surface area contributed by atoms with E-state index >= 15 is 0 Å². The third-order valence-corrected chi connectivity index (χ3v) is 3.58. The SMILES string of the molecule is O=C(O)CC1CCN(C(=O)CNC(=O)c2ccco2)CC1. The van der Waals surface area contributed by atoms with E-state index in [4.69, 9.17) is 9.52 Å². The standard InChI is InChI=1S/C14H18N2O5/c17-12(9-15-14(20)11-2-1-7-21-11)16-5-3-10(4-6-16)8-13(18)19/h1-2,7,10H,3-6,8-9H2,(H,15,20)(H,18,19). The van der Waals surface area contributed by atoms with Gasteiger partial charge < -0.3 is 19.7 Å². The molecule has 0 aliphatic carbocycles. The fourth-order valence-corrected chi connectivity index (χ4v) is 2.40. The Bertz CT molecular complexity index is 503. The molecule has 2 amide bonds. The summed E-state index contributed by atoms with van der Waals surface area (Å²) in [5.74, 6) is -1.09. The van der Waals surface area contributed by atoms with Crippen molar-refractivity contribution >= 4 is 17.8 Å². The second kappa shape index (κ2) is 6.92. The highest BCUT2D eigenvalue weighted by atomic mass is 16.4. The second-order valence-corrected chi connectivity index (χ2v) is 5.08. The van der Waals surface area contributed by atoms with Gasteiger partial charge in [-0.05, 0) is 30.9 Å². The van der Waals surface area contributed by atoms with Crippen LogP contribution in [0.1, 0.15) is 29.8 Å². The number of carbonyl (C=O) groups is 3. The van der Waals surface area contributed by atoms with Gasteiger partial charge in [0.15, 0.2) is 5.76 Å². The van der Waals surface area contributed by atoms with Gasteiger partial charge in [0.05, 0.1) is 12.8 Å². The highest BCUT2D eigenvalue weighted by Gasteiger charge is 2.24. The molecular weight excluding hydrogens is 276 g/mol. The van der Waals surface area contributed by atoms with E-state index in [1.807, 2.05) is 0 Å². The molecule has 0 saturated carbocycles. The molecule has 1 aliphatic heterocycles. The number of likely N-dealkylation sites (tertiary alicyclic amines) is 1. The first-order valence-electron chi connectivity index (χ1n) is 6.87. The van der Waals surface area contributed by atoms with Crippen LogP contribution >= 0.6 is 0 Å². The molecule has 1 fully saturated rings. The molecular formula is C14H18N2O5. The van der Waals surface area contributed by atoms with Crippen molar-refractivity contribution in [2.45, 2.75) is 19.3 Å². The Labute approximate surface area is 121 Å². The van der Waals surface area contributed by atoms with Gasteiger partial charge >= 0.3 is 5.97 Å². The van der Waals surface area contributed by atoms with Gasteiger partial charge in [-0.2, -0.15) is 0 Å². The van der Waals surface area contributed by atoms with Crippen molar-refractivity contribution in [3.05, 3.63) is 24.2 Å². The number of piperidine rings is 1. The zero-order chi connectivity index (χ0) is 15.2. The fraction of sp³-hybridized carbons (Fsp3) is 0.500. The summed E-state index contributed by atoms with van der Waals surface area (Å²) in [6, 6.07) is 3.13. The molecule has 0 bridgehead atoms. The normalized spacial score (nSPS) is 15.7. The van der Waals surface area contributed by atoms with Gasteiger partial charge in [-0.25, -0.2) is 0 Å². The molecule has 1 aromatic rings. The van der Waals surface area contributed by atoms with Crippen molar-refractivity contribution in [2.75, 3.05) is 19.6 Å². The maximum absolute atomic E-state index is 12.0. The zero-order valence-electron chi connectivity index (χ0n) is 11.6. The zero-order valence-corrected chi connectivity index (χ0v) is 11.6. The summed E-state index contributed by atoms with van der Waals surface area (Å²) < 4.78 is 4.93. The van der Waals surface area contributed by atoms with Crippen LogP contribution in [0.5, 0.6) is 0 Å². The van der Waals surface area contributed by atoms with Crippen LogP contribution in [0.25, 0.3) is 0 Å². The summed E-state index contributed by atoms with van der Waals surface area (Å²) in [4.78, 5) is 35.9. The molecule has 2 heterocycles. The summed E-state index contributed by atoms with van der Waals surface area (Å²) >= 11 is 0. The van der Waals surface area contributed by atoms with Gasteiger partial charge in [-0.15, -0.1) is 0 Å². The average molecular weight is 294 g/mol. The van der Waals surface area contributed by atoms with Crippen molar-refractivity contribution < 1.29 is 23.9 Å². The first-order chi connectivity index (χ1) is 10.1. The molecule has 2 N–H and O–H groups in total. The number of carboxylic acid groups (broad SMARTS) is 1. The van der Waals surface area contributed by atoms with Crippen LogP contribution in [0.15, 0.2) is 22.8 Å². The molecule has 0 radical (unpaired) electrons. The molecule has 0 spiro atoms. The number of aliphatic carboxylic acids is 1. The molecule has 21 heavy (non-hydrogen) atoms. The van der Waals surface area contributed by atoms with Crippen LogP contribution in [0.3, 0.4) is 0 Å². The average Bonchev–Trinajstić information content (AvgIpc) is 2.99. The summed E-state index contributed by atoms with van der Waals surface area (Å²) in [5.41, 5.74) is 0. The fourth-order valence-electron chi connectivity index (χ4n) is 2.40. The predicted octanol–water partition coefficient (Wildman–Crippen LogP) is 0.723. The van der Waals surface area contributed by atoms with Crippen molar-refractivity contribution in [1.82, 2.24) is 10.2 Å². The molecule has 0 unspecified atom stereocenters. The Kier molecular flexibility index (Phi) is 4.97. The molecule has 7 nitrogen and oxygen atoms in total. The maximum Gasteiger partial charge on any atom is 0.303 e. The van der Waals surface area contributed by atoms with E-state index in [0.29, 0.717) is 25.9 Å². The first-order valence-corrected chi connectivity index (χ1v) is 6.87. The summed E-state index contributed by atoms with van der Waals surface area (Å²) in [6.45, 7) is 0.990. The largest absolute Gasteiger partial charge is 0.481 e. The highest BCUT2D eigenvalue weighted by Crippen LogP contribution is 2.20. The van der Waals surface area contributed by atoms with Crippen LogP contribution in [-0.4, -0.2) is 47.4 Å². The van der Waals surface area contributed by atoms with E-state index < -0.39 is 11.9 Å². The maximum atomic E-state index is 12.0. The molecule has 1 saturated heterocycles. The van der Waals surface area contributed by atoms with Crippen molar-refractivity contribution in [2.24, 2.45) is 5.92 Å². The smallest absolute Gasteiger partial charge is 0.303 e. The van der Waals surface area contributed by atoms with Gasteiger partial charge in [-0.3, -0.25) is 14.4 Å². The number of carbonyl (C=O) groups excluding carboxylic acids is 2. The molecule has 0 atom stereocenters. The number of amides is 2. The van der Waals surface area contributed by atoms with E-state index in [2.05, 4.69) is 5.32 Å². The van der Waals surface area contributed by atoms with E-state index in [-0.39, 0.29) is 30.6 Å². The minimum absolute atomic E-state index is 0.0802. The van der Waals surface area contributed by atoms with Crippen LogP contribution in [0.2, 0.25) is 0 Å². The quantitative estimate of drug-likeness (QED) is 0.833. The van der Waals surface area contributed by atoms with E-state index in [1.54, 1.807) is 11.0 Å². The molecule has 1 aliphatic rings. The Morgan fingerprint density at radius 3 is 2.62 bits per heavy atom. The molecule has 1 aromatic heterocycles. The van der Waals surface area contributed by atoms with Gasteiger partial charge in [0, 0.05) is 19.5 Å². The monoisotopic (exact) mass is 294 g/mol. The summed E-state index contributed by atoms with van der Waals surface area (Å²) in [5, 5.41) is 11.2. The lowest BCUT2D eigenvalue weighted by Crippen LogP contribution is -2.44. The summed E-state index contributed by atoms with van der Waals surface area (Å²) in [6.07, 6.45) is 2.91. The van der Waals surface area contributed by atoms with Crippen molar-refractivity contribution in [1.29, 1.82) is 0 Å². The van der Waals surface area contributed by atoms with Gasteiger partial charge in [0.2, 0.25) is 5.91 Å². The van der Waals surface area contributed by atoms with E-state index in [9.17, 15) is 14.4 Å². The van der Waals surface area contributed by atoms with Crippen LogP contribution < -0.4 is 5.32 Å². The van der Waals surface area contributed by atoms with Gasteiger partial charge in [0.1, 0.15) is 0 Å². The minimum atomic E-state index is -0.800. The number of hydrogen-bond acceptors (Lipinski definition) is 4. The lowest BCUT2D eigenvalue weighted by molar-refractivity contribution is -0.138. The lowest BCUT2D eigenvalue weighted by atomic mass is 9.93. The van der Waals surface area contributed by atoms with Crippen molar-refractivity contribution in [3.8, 4) is 0 Å². The minimum Gasteiger partial charge on any atom is -0.481 e. The third-order valence-electron chi connectivity index (χ3n) is 3.58. The van der Waals surface area contributed by atoms with E-state index in [1.165, 1.54) is 12.3 Å². The summed E-state index contributed by atoms with van der Waals surface area (Å²) in [7, 11) is 0. The molecule has 114 valence electrons. The number of carboxylic acids is 1. The lowest BCUT2D eigenvalue weighted by Gasteiger charge is -2.31. The Morgan fingerprint density at radius 1 is 1.33 bits per heavy atom. The Hall–Kier alpha value is -2.31. The third kappa shape index (κ3) is 4.34. The molecule has 2 rings (SSSR count). The number of nitrogens with zero attached hydrogens (tertiary/aromatic N) is 1. The number of hydrogen-bond donors (Lipinski definition) is 2. The van der Waals surface area contributed by atoms with Crippen molar-refractivity contribution in [3.63, 3.8) is 0 Å². The predicted molar refractivity (Wildman–Crippen MR) is 72.6 cm³/mol. The topological polar surface area (TPSA) is 99.9 Å². The van der Waals surface area contributed by atoms with Gasteiger partial charge in [-0.1, -0.05) is 0 Å². The van der Waals surface area contributed by atoms with E-state index in [0.717, 1.165) is 0 Å². The molecule has 7 heteroatoms. The Balaban J connectivity index is 1.72. The Morgan fingerprint density at radius 2 is 2.05 bits per heavy atom. The number of nitrogens with one attached hydrogen (secondary N) is 1. The first kappa shape index (κ1) is 15.1. The highest BCUT2D eigenvalue weighted by molar-refractivity contribution is 5.94. The second-order valence-electron chi connectivity index (χ2n) is 5.08. The number of furan rings is 1. The van der Waals surface area contributed by atoms with Crippen LogP contribution in [-0.2, 0) is 9.59 Å². The molecule has 0 aromatic carbocycles. The van der Waals surface area contributed by atoms with Crippen LogP contribution in [0, 0.1) is 5.92 Å².